The molecule has 7 atom stereocenters. The van der Waals surface area contributed by atoms with Crippen LogP contribution in [0.2, 0.25) is 0 Å². The Morgan fingerprint density at radius 3 is 2.56 bits per heavy atom. The molecule has 2 aromatic rings. The molecule has 8 rings (SSSR count). The van der Waals surface area contributed by atoms with Gasteiger partial charge >= 0.3 is 0 Å². The lowest BCUT2D eigenvalue weighted by Crippen LogP contribution is -2.69. The molecular weight excluding hydrogens is 705 g/mol. The summed E-state index contributed by atoms with van der Waals surface area (Å²) in [6.07, 6.45) is 7.15. The number of aromatic nitrogens is 1. The second-order valence-corrected chi connectivity index (χ2v) is 17.8. The third kappa shape index (κ3) is 5.82. The molecule has 0 radical (unpaired) electrons. The minimum Gasteiger partial charge on any atom is -0.511 e. The van der Waals surface area contributed by atoms with Crippen LogP contribution in [0.15, 0.2) is 60.0 Å². The van der Waals surface area contributed by atoms with E-state index in [2.05, 4.69) is 10.3 Å². The highest BCUT2D eigenvalue weighted by atomic mass is 33.1. The molecule has 2 spiro atoms. The maximum atomic E-state index is 15.0. The number of aliphatic hydroxyl groups excluding tert-OH is 4. The molecule has 1 saturated heterocycles. The first kappa shape index (κ1) is 36.1. The number of allylic oxidation sites excluding steroid dienone is 4. The molecule has 1 aromatic carbocycles. The third-order valence-corrected chi connectivity index (χ3v) is 14.7. The molecule has 2 aliphatic heterocycles. The summed E-state index contributed by atoms with van der Waals surface area (Å²) >= 11 is 0. The van der Waals surface area contributed by atoms with E-state index in [4.69, 9.17) is 9.47 Å². The molecule has 6 bridgehead atoms. The van der Waals surface area contributed by atoms with Gasteiger partial charge in [-0.15, -0.1) is 0 Å². The lowest BCUT2D eigenvalue weighted by molar-refractivity contribution is -0.318. The number of hydrogen-bond acceptors (Lipinski definition) is 13. The molecule has 6 aliphatic rings. The van der Waals surface area contributed by atoms with Crippen LogP contribution in [-0.4, -0.2) is 90.5 Å². The summed E-state index contributed by atoms with van der Waals surface area (Å²) in [5.74, 6) is -0.653. The van der Waals surface area contributed by atoms with E-state index in [-0.39, 0.29) is 46.5 Å². The van der Waals surface area contributed by atoms with Crippen molar-refractivity contribution >= 4 is 39.0 Å². The summed E-state index contributed by atoms with van der Waals surface area (Å²) < 4.78 is 12.2. The number of carbonyl (C=O) groups excluding carboxylic acids is 2. The standard InChI is InChI=1S/C39H46N2O9S2/c42-18-28-33(45)39(48)19-37(12-4-5-13-37)24-11-14-40-30(17-24)41-21-52-51-20-38-26(15-23(16-29(38)43)22-7-2-1-3-8-22)32(44)25-9-6-10-27(31(25)34(38)46)49-36(50-28)35(39)47/h6,9-11,14-17,22,26,28,33,35-36,42-43,45,47-48H,1-5,7-8,12-13,18-21H2,(H,40,41)/t26-,28-,33-,35+,36-,38+,39+/m1/s1. The Bertz CT molecular complexity index is 1790. The van der Waals surface area contributed by atoms with Gasteiger partial charge in [-0.2, -0.15) is 0 Å². The predicted molar refractivity (Wildman–Crippen MR) is 197 cm³/mol. The van der Waals surface area contributed by atoms with Crippen molar-refractivity contribution in [2.24, 2.45) is 17.3 Å². The quantitative estimate of drug-likeness (QED) is 0.220. The van der Waals surface area contributed by atoms with E-state index in [0.29, 0.717) is 24.5 Å². The summed E-state index contributed by atoms with van der Waals surface area (Å²) in [5.41, 5.74) is -2.54. The molecule has 4 aliphatic carbocycles. The van der Waals surface area contributed by atoms with Crippen molar-refractivity contribution in [1.82, 2.24) is 4.98 Å². The van der Waals surface area contributed by atoms with Crippen LogP contribution in [0.3, 0.4) is 0 Å². The van der Waals surface area contributed by atoms with Crippen molar-refractivity contribution in [2.75, 3.05) is 23.6 Å². The van der Waals surface area contributed by atoms with Crippen molar-refractivity contribution in [1.29, 1.82) is 0 Å². The van der Waals surface area contributed by atoms with Gasteiger partial charge in [0.1, 0.15) is 46.7 Å². The second kappa shape index (κ2) is 14.1. The van der Waals surface area contributed by atoms with Gasteiger partial charge < -0.3 is 40.3 Å². The van der Waals surface area contributed by atoms with Crippen LogP contribution in [0.5, 0.6) is 5.75 Å². The van der Waals surface area contributed by atoms with E-state index in [0.717, 1.165) is 56.1 Å². The fourth-order valence-corrected chi connectivity index (χ4v) is 11.9. The van der Waals surface area contributed by atoms with Gasteiger partial charge in [0.15, 0.2) is 11.6 Å². The Kier molecular flexibility index (Phi) is 9.76. The van der Waals surface area contributed by atoms with Gasteiger partial charge in [0.25, 0.3) is 0 Å². The number of pyridine rings is 1. The van der Waals surface area contributed by atoms with Gasteiger partial charge in [0.2, 0.25) is 6.29 Å². The van der Waals surface area contributed by atoms with Gasteiger partial charge in [-0.05, 0) is 78.8 Å². The lowest BCUT2D eigenvalue weighted by atomic mass is 9.59. The lowest BCUT2D eigenvalue weighted by Gasteiger charge is -2.51. The first-order valence-corrected chi connectivity index (χ1v) is 20.9. The summed E-state index contributed by atoms with van der Waals surface area (Å²) in [6, 6.07) is 8.50. The molecule has 0 amide bonds. The number of nitrogens with zero attached hydrogens (tertiary/aromatic N) is 1. The number of nitrogens with one attached hydrogen (secondary N) is 1. The van der Waals surface area contributed by atoms with Gasteiger partial charge in [0.05, 0.1) is 24.0 Å². The van der Waals surface area contributed by atoms with Crippen LogP contribution >= 0.6 is 21.6 Å². The maximum absolute atomic E-state index is 15.0. The molecule has 3 heterocycles. The van der Waals surface area contributed by atoms with Crippen molar-refractivity contribution in [3.63, 3.8) is 0 Å². The fraction of sp³-hybridized carbons (Fsp3) is 0.564. The van der Waals surface area contributed by atoms with Crippen molar-refractivity contribution in [3.05, 3.63) is 76.7 Å². The first-order valence-electron chi connectivity index (χ1n) is 18.4. The van der Waals surface area contributed by atoms with E-state index in [1.165, 1.54) is 27.7 Å². The number of ketones is 2. The Labute approximate surface area is 310 Å². The molecule has 2 saturated carbocycles. The second-order valence-electron chi connectivity index (χ2n) is 15.4. The Morgan fingerprint density at radius 1 is 1.00 bits per heavy atom. The Morgan fingerprint density at radius 2 is 1.79 bits per heavy atom. The van der Waals surface area contributed by atoms with E-state index < -0.39 is 59.3 Å². The highest BCUT2D eigenvalue weighted by Crippen LogP contribution is 2.55. The van der Waals surface area contributed by atoms with Crippen LogP contribution in [0.25, 0.3) is 0 Å². The normalized spacial score (nSPS) is 35.0. The summed E-state index contributed by atoms with van der Waals surface area (Å²) in [4.78, 5) is 34.1. The zero-order valence-electron chi connectivity index (χ0n) is 28.9. The molecule has 13 heteroatoms. The monoisotopic (exact) mass is 750 g/mol. The summed E-state index contributed by atoms with van der Waals surface area (Å²) in [7, 11) is 2.84. The summed E-state index contributed by atoms with van der Waals surface area (Å²) in [6.45, 7) is -0.676. The fourth-order valence-electron chi connectivity index (χ4n) is 9.69. The van der Waals surface area contributed by atoms with Gasteiger partial charge in [0, 0.05) is 17.5 Å². The zero-order chi connectivity index (χ0) is 36.3. The number of rotatable bonds is 2. The number of hydrogen-bond donors (Lipinski definition) is 6. The van der Waals surface area contributed by atoms with Crippen molar-refractivity contribution in [3.8, 4) is 5.75 Å². The van der Waals surface area contributed by atoms with Crippen molar-refractivity contribution in [2.45, 2.75) is 99.8 Å². The molecule has 52 heavy (non-hydrogen) atoms. The smallest absolute Gasteiger partial charge is 0.229 e. The van der Waals surface area contributed by atoms with Gasteiger partial charge in [-0.25, -0.2) is 4.98 Å². The number of aliphatic hydroxyl groups is 5. The van der Waals surface area contributed by atoms with E-state index >= 15 is 4.79 Å². The van der Waals surface area contributed by atoms with Crippen LogP contribution in [0.1, 0.15) is 90.5 Å². The zero-order valence-corrected chi connectivity index (χ0v) is 30.5. The molecule has 3 fully saturated rings. The number of benzene rings is 1. The van der Waals surface area contributed by atoms with Crippen LogP contribution in [-0.2, 0) is 10.2 Å². The van der Waals surface area contributed by atoms with Crippen LogP contribution < -0.4 is 10.1 Å². The largest absolute Gasteiger partial charge is 0.511 e. The van der Waals surface area contributed by atoms with E-state index in [1.54, 1.807) is 24.4 Å². The van der Waals surface area contributed by atoms with Gasteiger partial charge in [-0.3, -0.25) is 9.59 Å². The number of ether oxygens (including phenoxy) is 2. The third-order valence-electron chi connectivity index (χ3n) is 12.5. The maximum Gasteiger partial charge on any atom is 0.229 e. The van der Waals surface area contributed by atoms with Crippen molar-refractivity contribution < 1.29 is 44.6 Å². The SMILES string of the molecule is O=C1c2cccc3c2C(=O)[C@]2(CSSCNc4cc(ccn4)C4(CCCC4)C[C@]4(O)[C@H](O)[C@@H](CO)O[C@@H](O3)[C@@H]4O)C(O)=CC(C3CCCCC3)=C[C@H]12. The highest BCUT2D eigenvalue weighted by molar-refractivity contribution is 8.76. The summed E-state index contributed by atoms with van der Waals surface area (Å²) in [5, 5.41) is 61.4. The Hall–Kier alpha value is -2.91. The van der Waals surface area contributed by atoms with E-state index in [1.807, 2.05) is 18.2 Å². The minimum absolute atomic E-state index is 0.0412. The molecule has 278 valence electrons. The molecule has 11 nitrogen and oxygen atoms in total. The number of Topliss-reactive ketones (excluding diaryl/α,β-unsaturated/α-hetero) is 2. The highest BCUT2D eigenvalue weighted by Gasteiger charge is 2.61. The number of fused-ring (bicyclic) bond motifs is 5. The predicted octanol–water partition coefficient (Wildman–Crippen LogP) is 5.24. The number of anilines is 1. The first-order chi connectivity index (χ1) is 25.1. The van der Waals surface area contributed by atoms with Gasteiger partial charge in [-0.1, -0.05) is 71.9 Å². The number of carbonyl (C=O) groups is 2. The minimum atomic E-state index is -2.19. The topological polar surface area (TPSA) is 179 Å². The molecular formula is C39H46N2O9S2. The van der Waals surface area contributed by atoms with E-state index in [9.17, 15) is 30.3 Å². The average molecular weight is 751 g/mol. The van der Waals surface area contributed by atoms with Crippen LogP contribution in [0, 0.1) is 17.3 Å². The average Bonchev–Trinajstić information content (AvgIpc) is 3.64. The molecule has 6 N–H and O–H groups in total. The molecule has 0 unspecified atom stereocenters. The van der Waals surface area contributed by atoms with Crippen LogP contribution in [0.4, 0.5) is 5.82 Å². The Balaban J connectivity index is 1.25. The molecule has 1 aromatic heterocycles.